The molecule has 0 unspecified atom stereocenters. The monoisotopic (exact) mass is 307 g/mol. The number of carbonyl (C=O) groups is 1. The van der Waals surface area contributed by atoms with Crippen molar-refractivity contribution in [1.82, 2.24) is 9.97 Å². The summed E-state index contributed by atoms with van der Waals surface area (Å²) in [6.07, 6.45) is 3.18. The predicted molar refractivity (Wildman–Crippen MR) is 71.2 cm³/mol. The Kier molecular flexibility index (Phi) is 3.57. The number of nitrogens with zero attached hydrogens (tertiary/aromatic N) is 2. The quantitative estimate of drug-likeness (QED) is 0.911. The molecule has 18 heavy (non-hydrogen) atoms. The fourth-order valence-electron chi connectivity index (χ4n) is 1.43. The van der Waals surface area contributed by atoms with Crippen molar-refractivity contribution in [2.45, 2.75) is 6.92 Å². The summed E-state index contributed by atoms with van der Waals surface area (Å²) in [4.78, 5) is 19.2. The van der Waals surface area contributed by atoms with Crippen molar-refractivity contribution < 1.29 is 9.90 Å². The van der Waals surface area contributed by atoms with Crippen LogP contribution in [0.2, 0.25) is 0 Å². The number of carboxylic acids is 1. The molecule has 0 saturated heterocycles. The van der Waals surface area contributed by atoms with E-state index in [2.05, 4.69) is 31.2 Å². The van der Waals surface area contributed by atoms with Crippen LogP contribution in [0, 0.1) is 6.92 Å². The van der Waals surface area contributed by atoms with E-state index in [0.717, 1.165) is 5.69 Å². The third-order valence-electron chi connectivity index (χ3n) is 2.34. The Morgan fingerprint density at radius 3 is 2.72 bits per heavy atom. The standard InChI is InChI=1S/C12H10BrN3O2/c1-7-11(15-5-4-14-7)16-8-2-3-10(13)9(6-8)12(17)18/h2-6H,1H3,(H,15,16)(H,17,18). The van der Waals surface area contributed by atoms with Crippen molar-refractivity contribution in [2.24, 2.45) is 0 Å². The van der Waals surface area contributed by atoms with E-state index >= 15 is 0 Å². The molecule has 5 nitrogen and oxygen atoms in total. The Morgan fingerprint density at radius 2 is 2.06 bits per heavy atom. The molecule has 0 amide bonds. The van der Waals surface area contributed by atoms with Crippen LogP contribution in [0.15, 0.2) is 35.1 Å². The molecule has 1 aromatic heterocycles. The molecule has 6 heteroatoms. The van der Waals surface area contributed by atoms with Gasteiger partial charge < -0.3 is 10.4 Å². The van der Waals surface area contributed by atoms with Gasteiger partial charge in [0.15, 0.2) is 5.82 Å². The zero-order chi connectivity index (χ0) is 13.1. The zero-order valence-electron chi connectivity index (χ0n) is 9.51. The van der Waals surface area contributed by atoms with Gasteiger partial charge in [-0.1, -0.05) is 0 Å². The molecule has 0 aliphatic carbocycles. The van der Waals surface area contributed by atoms with Gasteiger partial charge in [0.25, 0.3) is 0 Å². The number of hydrogen-bond acceptors (Lipinski definition) is 4. The molecule has 2 N–H and O–H groups in total. The fourth-order valence-corrected chi connectivity index (χ4v) is 1.85. The normalized spacial score (nSPS) is 10.1. The Bertz CT molecular complexity index is 602. The lowest BCUT2D eigenvalue weighted by molar-refractivity contribution is 0.0696. The lowest BCUT2D eigenvalue weighted by atomic mass is 10.2. The molecule has 0 fully saturated rings. The minimum atomic E-state index is -0.985. The number of benzene rings is 1. The van der Waals surface area contributed by atoms with E-state index in [0.29, 0.717) is 16.0 Å². The Hall–Kier alpha value is -1.95. The maximum atomic E-state index is 11.0. The summed E-state index contributed by atoms with van der Waals surface area (Å²) in [6, 6.07) is 4.99. The molecule has 0 aliphatic heterocycles. The van der Waals surface area contributed by atoms with Crippen LogP contribution < -0.4 is 5.32 Å². The SMILES string of the molecule is Cc1nccnc1Nc1ccc(Br)c(C(=O)O)c1. The minimum absolute atomic E-state index is 0.196. The molecule has 0 radical (unpaired) electrons. The maximum absolute atomic E-state index is 11.0. The minimum Gasteiger partial charge on any atom is -0.478 e. The van der Waals surface area contributed by atoms with Crippen LogP contribution in [0.1, 0.15) is 16.1 Å². The first-order valence-electron chi connectivity index (χ1n) is 5.15. The van der Waals surface area contributed by atoms with Crippen molar-refractivity contribution in [3.05, 3.63) is 46.3 Å². The van der Waals surface area contributed by atoms with Gasteiger partial charge in [0, 0.05) is 22.6 Å². The Morgan fingerprint density at radius 1 is 1.33 bits per heavy atom. The van der Waals surface area contributed by atoms with Gasteiger partial charge >= 0.3 is 5.97 Å². The van der Waals surface area contributed by atoms with Gasteiger partial charge in [0.1, 0.15) is 0 Å². The van der Waals surface area contributed by atoms with Gasteiger partial charge in [-0.3, -0.25) is 4.98 Å². The molecule has 92 valence electrons. The van der Waals surface area contributed by atoms with Crippen molar-refractivity contribution in [3.8, 4) is 0 Å². The van der Waals surface area contributed by atoms with Crippen LogP contribution in [0.4, 0.5) is 11.5 Å². The van der Waals surface area contributed by atoms with Crippen molar-refractivity contribution in [3.63, 3.8) is 0 Å². The van der Waals surface area contributed by atoms with E-state index in [4.69, 9.17) is 5.11 Å². The van der Waals surface area contributed by atoms with E-state index in [1.807, 2.05) is 6.92 Å². The molecule has 0 spiro atoms. The van der Waals surface area contributed by atoms with E-state index in [9.17, 15) is 4.79 Å². The van der Waals surface area contributed by atoms with Crippen LogP contribution in [0.25, 0.3) is 0 Å². The summed E-state index contributed by atoms with van der Waals surface area (Å²) in [5.41, 5.74) is 1.60. The number of rotatable bonds is 3. The summed E-state index contributed by atoms with van der Waals surface area (Å²) in [5, 5.41) is 12.1. The summed E-state index contributed by atoms with van der Waals surface area (Å²) in [7, 11) is 0. The first-order chi connectivity index (χ1) is 8.58. The fraction of sp³-hybridized carbons (Fsp3) is 0.0833. The second-order valence-electron chi connectivity index (χ2n) is 3.62. The highest BCUT2D eigenvalue weighted by Crippen LogP contribution is 2.23. The third-order valence-corrected chi connectivity index (χ3v) is 3.03. The average molecular weight is 308 g/mol. The highest BCUT2D eigenvalue weighted by atomic mass is 79.9. The number of nitrogens with one attached hydrogen (secondary N) is 1. The van der Waals surface area contributed by atoms with E-state index in [1.165, 1.54) is 0 Å². The molecule has 0 saturated carbocycles. The topological polar surface area (TPSA) is 75.1 Å². The molecular weight excluding hydrogens is 298 g/mol. The summed E-state index contributed by atoms with van der Waals surface area (Å²) in [6.45, 7) is 1.83. The van der Waals surface area contributed by atoms with E-state index in [1.54, 1.807) is 30.6 Å². The average Bonchev–Trinajstić information content (AvgIpc) is 2.34. The largest absolute Gasteiger partial charge is 0.478 e. The van der Waals surface area contributed by atoms with Gasteiger partial charge in [-0.2, -0.15) is 0 Å². The first-order valence-corrected chi connectivity index (χ1v) is 5.94. The van der Waals surface area contributed by atoms with Gasteiger partial charge in [0.05, 0.1) is 11.3 Å². The van der Waals surface area contributed by atoms with Crippen LogP contribution in [-0.4, -0.2) is 21.0 Å². The number of aromatic carboxylic acids is 1. The molecule has 1 heterocycles. The van der Waals surface area contributed by atoms with Crippen molar-refractivity contribution in [1.29, 1.82) is 0 Å². The van der Waals surface area contributed by atoms with Crippen LogP contribution in [0.5, 0.6) is 0 Å². The predicted octanol–water partition coefficient (Wildman–Crippen LogP) is 2.99. The smallest absolute Gasteiger partial charge is 0.336 e. The molecule has 0 bridgehead atoms. The number of carboxylic acid groups (broad SMARTS) is 1. The second kappa shape index (κ2) is 5.14. The zero-order valence-corrected chi connectivity index (χ0v) is 11.1. The Balaban J connectivity index is 2.33. The van der Waals surface area contributed by atoms with Crippen LogP contribution >= 0.6 is 15.9 Å². The van der Waals surface area contributed by atoms with Gasteiger partial charge in [0.2, 0.25) is 0 Å². The van der Waals surface area contributed by atoms with Gasteiger partial charge in [-0.15, -0.1) is 0 Å². The number of aryl methyl sites for hydroxylation is 1. The van der Waals surface area contributed by atoms with Crippen molar-refractivity contribution in [2.75, 3.05) is 5.32 Å². The highest BCUT2D eigenvalue weighted by molar-refractivity contribution is 9.10. The highest BCUT2D eigenvalue weighted by Gasteiger charge is 2.09. The molecule has 0 atom stereocenters. The molecule has 1 aromatic carbocycles. The Labute approximate surface area is 112 Å². The van der Waals surface area contributed by atoms with E-state index in [-0.39, 0.29) is 5.56 Å². The van der Waals surface area contributed by atoms with Gasteiger partial charge in [-0.05, 0) is 41.1 Å². The number of halogens is 1. The number of hydrogen-bond donors (Lipinski definition) is 2. The van der Waals surface area contributed by atoms with Crippen molar-refractivity contribution >= 4 is 33.4 Å². The summed E-state index contributed by atoms with van der Waals surface area (Å²) in [5.74, 6) is -0.377. The molecule has 2 rings (SSSR count). The van der Waals surface area contributed by atoms with E-state index < -0.39 is 5.97 Å². The van der Waals surface area contributed by atoms with Crippen LogP contribution in [-0.2, 0) is 0 Å². The van der Waals surface area contributed by atoms with Gasteiger partial charge in [-0.25, -0.2) is 9.78 Å². The lowest BCUT2D eigenvalue weighted by Crippen LogP contribution is -2.01. The summed E-state index contributed by atoms with van der Waals surface area (Å²) < 4.78 is 0.538. The second-order valence-corrected chi connectivity index (χ2v) is 4.47. The lowest BCUT2D eigenvalue weighted by Gasteiger charge is -2.08. The first kappa shape index (κ1) is 12.5. The third kappa shape index (κ3) is 2.65. The molecule has 2 aromatic rings. The van der Waals surface area contributed by atoms with Crippen LogP contribution in [0.3, 0.4) is 0 Å². The number of aromatic nitrogens is 2. The summed E-state index contributed by atoms with van der Waals surface area (Å²) >= 11 is 3.19. The maximum Gasteiger partial charge on any atom is 0.336 e. The molecule has 0 aliphatic rings. The number of anilines is 2. The molecular formula is C12H10BrN3O2.